The van der Waals surface area contributed by atoms with Gasteiger partial charge in [0.15, 0.2) is 0 Å². The summed E-state index contributed by atoms with van der Waals surface area (Å²) in [6, 6.07) is 7.21. The molecule has 7 nitrogen and oxygen atoms in total. The summed E-state index contributed by atoms with van der Waals surface area (Å²) in [6.45, 7) is 4.38. The molecular weight excluding hydrogens is 320 g/mol. The number of benzene rings is 1. The number of hydrogen-bond acceptors (Lipinski definition) is 4. The van der Waals surface area contributed by atoms with Gasteiger partial charge in [0.1, 0.15) is 6.04 Å². The Bertz CT molecular complexity index is 681. The van der Waals surface area contributed by atoms with Gasteiger partial charge in [0.25, 0.3) is 0 Å². The van der Waals surface area contributed by atoms with Gasteiger partial charge in [-0.3, -0.25) is 4.79 Å². The summed E-state index contributed by atoms with van der Waals surface area (Å²) in [7, 11) is 1.28. The van der Waals surface area contributed by atoms with Crippen LogP contribution in [-0.2, 0) is 16.1 Å². The smallest absolute Gasteiger partial charge is 0.407 e. The molecule has 0 saturated heterocycles. The number of nitrogens with zero attached hydrogens (tertiary/aromatic N) is 1. The van der Waals surface area contributed by atoms with E-state index < -0.39 is 12.1 Å². The minimum Gasteiger partial charge on any atom is -0.453 e. The molecule has 0 aliphatic rings. The second-order valence-electron chi connectivity index (χ2n) is 6.20. The van der Waals surface area contributed by atoms with Crippen LogP contribution in [0.5, 0.6) is 0 Å². The average molecular weight is 344 g/mol. The van der Waals surface area contributed by atoms with Crippen LogP contribution >= 0.6 is 0 Å². The minimum atomic E-state index is -0.614. The summed E-state index contributed by atoms with van der Waals surface area (Å²) in [5, 5.41) is 5.44. The molecule has 1 atom stereocenters. The van der Waals surface area contributed by atoms with E-state index in [0.29, 0.717) is 13.0 Å². The van der Waals surface area contributed by atoms with E-state index in [4.69, 9.17) is 0 Å². The van der Waals surface area contributed by atoms with Crippen LogP contribution in [0.4, 0.5) is 4.79 Å². The molecule has 2 amide bonds. The Morgan fingerprint density at radius 3 is 2.52 bits per heavy atom. The Kier molecular flexibility index (Phi) is 6.56. The van der Waals surface area contributed by atoms with E-state index in [0.717, 1.165) is 16.8 Å². The standard InChI is InChI=1S/C18H24N4O3/c1-12(2)8-15(22-18(24)25-3)17(23)20-9-13-4-6-14(7-5-13)16-10-19-11-21-16/h4-7,10-12,15H,8-9H2,1-3H3,(H,19,21)(H,20,23)(H,22,24). The molecule has 7 heteroatoms. The van der Waals surface area contributed by atoms with Crippen molar-refractivity contribution >= 4 is 12.0 Å². The molecule has 1 aromatic carbocycles. The van der Waals surface area contributed by atoms with E-state index in [-0.39, 0.29) is 11.8 Å². The topological polar surface area (TPSA) is 96.1 Å². The average Bonchev–Trinajstić information content (AvgIpc) is 3.13. The summed E-state index contributed by atoms with van der Waals surface area (Å²) in [5.74, 6) is 0.0401. The number of ether oxygens (including phenoxy) is 1. The van der Waals surface area contributed by atoms with Crippen LogP contribution in [0.15, 0.2) is 36.8 Å². The van der Waals surface area contributed by atoms with Crippen molar-refractivity contribution in [3.8, 4) is 11.3 Å². The first-order valence-electron chi connectivity index (χ1n) is 8.19. The van der Waals surface area contributed by atoms with Crippen LogP contribution in [0.3, 0.4) is 0 Å². The molecule has 1 heterocycles. The molecule has 0 radical (unpaired) electrons. The lowest BCUT2D eigenvalue weighted by atomic mass is 10.0. The van der Waals surface area contributed by atoms with Crippen LogP contribution in [0.2, 0.25) is 0 Å². The number of amides is 2. The molecule has 0 fully saturated rings. The van der Waals surface area contributed by atoms with Gasteiger partial charge in [-0.15, -0.1) is 0 Å². The zero-order valence-corrected chi connectivity index (χ0v) is 14.7. The van der Waals surface area contributed by atoms with E-state index >= 15 is 0 Å². The third-order valence-electron chi connectivity index (χ3n) is 3.73. The van der Waals surface area contributed by atoms with Crippen LogP contribution in [0.25, 0.3) is 11.3 Å². The molecule has 0 bridgehead atoms. The van der Waals surface area contributed by atoms with Gasteiger partial charge in [-0.05, 0) is 23.5 Å². The SMILES string of the molecule is COC(=O)NC(CC(C)C)C(=O)NCc1ccc(-c2cnc[nH]2)cc1. The predicted molar refractivity (Wildman–Crippen MR) is 94.7 cm³/mol. The summed E-state index contributed by atoms with van der Waals surface area (Å²) in [6.07, 6.45) is 3.32. The molecular formula is C18H24N4O3. The first kappa shape index (κ1) is 18.5. The van der Waals surface area contributed by atoms with Crippen molar-refractivity contribution in [2.45, 2.75) is 32.9 Å². The number of alkyl carbamates (subject to hydrolysis) is 1. The number of rotatable bonds is 7. The van der Waals surface area contributed by atoms with Crippen LogP contribution < -0.4 is 10.6 Å². The number of H-pyrrole nitrogens is 1. The number of imidazole rings is 1. The van der Waals surface area contributed by atoms with Crippen LogP contribution in [0, 0.1) is 5.92 Å². The first-order chi connectivity index (χ1) is 12.0. The Balaban J connectivity index is 1.93. The van der Waals surface area contributed by atoms with E-state index in [2.05, 4.69) is 25.3 Å². The molecule has 2 aromatic rings. The van der Waals surface area contributed by atoms with E-state index in [1.165, 1.54) is 7.11 Å². The van der Waals surface area contributed by atoms with Gasteiger partial charge < -0.3 is 20.4 Å². The molecule has 0 spiro atoms. The number of aromatic amines is 1. The maximum Gasteiger partial charge on any atom is 0.407 e. The molecule has 0 aliphatic carbocycles. The number of carbonyl (C=O) groups excluding carboxylic acids is 2. The maximum absolute atomic E-state index is 12.4. The normalized spacial score (nSPS) is 11.8. The summed E-state index contributed by atoms with van der Waals surface area (Å²) >= 11 is 0. The fourth-order valence-corrected chi connectivity index (χ4v) is 2.43. The summed E-state index contributed by atoms with van der Waals surface area (Å²) in [5.41, 5.74) is 2.94. The van der Waals surface area contributed by atoms with Crippen molar-refractivity contribution in [2.24, 2.45) is 5.92 Å². The van der Waals surface area contributed by atoms with Gasteiger partial charge in [0.2, 0.25) is 5.91 Å². The van der Waals surface area contributed by atoms with Crippen LogP contribution in [0.1, 0.15) is 25.8 Å². The van der Waals surface area contributed by atoms with Gasteiger partial charge in [-0.1, -0.05) is 38.1 Å². The zero-order chi connectivity index (χ0) is 18.2. The number of methoxy groups -OCH3 is 1. The molecule has 134 valence electrons. The zero-order valence-electron chi connectivity index (χ0n) is 14.7. The third kappa shape index (κ3) is 5.63. The van der Waals surface area contributed by atoms with Crippen molar-refractivity contribution < 1.29 is 14.3 Å². The molecule has 0 saturated carbocycles. The maximum atomic E-state index is 12.4. The Hall–Kier alpha value is -2.83. The predicted octanol–water partition coefficient (Wildman–Crippen LogP) is 2.46. The van der Waals surface area contributed by atoms with E-state index in [1.54, 1.807) is 12.5 Å². The lowest BCUT2D eigenvalue weighted by Gasteiger charge is -2.19. The van der Waals surface area contributed by atoms with Crippen LogP contribution in [-0.4, -0.2) is 35.1 Å². The van der Waals surface area contributed by atoms with E-state index in [1.807, 2.05) is 38.1 Å². The summed E-state index contributed by atoms with van der Waals surface area (Å²) in [4.78, 5) is 30.8. The second kappa shape index (κ2) is 8.86. The van der Waals surface area contributed by atoms with Crippen molar-refractivity contribution in [3.63, 3.8) is 0 Å². The number of carbonyl (C=O) groups is 2. The van der Waals surface area contributed by atoms with Gasteiger partial charge in [-0.2, -0.15) is 0 Å². The highest BCUT2D eigenvalue weighted by atomic mass is 16.5. The highest BCUT2D eigenvalue weighted by Crippen LogP contribution is 2.16. The van der Waals surface area contributed by atoms with Crippen molar-refractivity contribution in [1.82, 2.24) is 20.6 Å². The molecule has 3 N–H and O–H groups in total. The van der Waals surface area contributed by atoms with Gasteiger partial charge in [0, 0.05) is 6.54 Å². The fraction of sp³-hybridized carbons (Fsp3) is 0.389. The number of nitrogens with one attached hydrogen (secondary N) is 3. The quantitative estimate of drug-likeness (QED) is 0.719. The Labute approximate surface area is 147 Å². The van der Waals surface area contributed by atoms with Gasteiger partial charge in [0.05, 0.1) is 25.3 Å². The largest absolute Gasteiger partial charge is 0.453 e. The monoisotopic (exact) mass is 344 g/mol. The molecule has 1 aromatic heterocycles. The first-order valence-corrected chi connectivity index (χ1v) is 8.19. The second-order valence-corrected chi connectivity index (χ2v) is 6.20. The van der Waals surface area contributed by atoms with Crippen molar-refractivity contribution in [3.05, 3.63) is 42.4 Å². The highest BCUT2D eigenvalue weighted by molar-refractivity contribution is 5.85. The molecule has 25 heavy (non-hydrogen) atoms. The van der Waals surface area contributed by atoms with Crippen molar-refractivity contribution in [2.75, 3.05) is 7.11 Å². The Morgan fingerprint density at radius 1 is 1.24 bits per heavy atom. The number of aromatic nitrogens is 2. The lowest BCUT2D eigenvalue weighted by molar-refractivity contribution is -0.123. The summed E-state index contributed by atoms with van der Waals surface area (Å²) < 4.78 is 4.59. The molecule has 1 unspecified atom stereocenters. The highest BCUT2D eigenvalue weighted by Gasteiger charge is 2.21. The van der Waals surface area contributed by atoms with Gasteiger partial charge >= 0.3 is 6.09 Å². The molecule has 0 aliphatic heterocycles. The van der Waals surface area contributed by atoms with E-state index in [9.17, 15) is 9.59 Å². The lowest BCUT2D eigenvalue weighted by Crippen LogP contribution is -2.47. The fourth-order valence-electron chi connectivity index (χ4n) is 2.43. The number of hydrogen-bond donors (Lipinski definition) is 3. The minimum absolute atomic E-state index is 0.225. The third-order valence-corrected chi connectivity index (χ3v) is 3.73. The van der Waals surface area contributed by atoms with Gasteiger partial charge in [-0.25, -0.2) is 9.78 Å². The Morgan fingerprint density at radius 2 is 1.96 bits per heavy atom. The van der Waals surface area contributed by atoms with Crippen molar-refractivity contribution in [1.29, 1.82) is 0 Å². The molecule has 2 rings (SSSR count).